The fourth-order valence-corrected chi connectivity index (χ4v) is 1.51. The highest BCUT2D eigenvalue weighted by Gasteiger charge is 2.14. The molecule has 1 aliphatic heterocycles. The standard InChI is InChI=1S/C12H9FN3O/c13-11-3-8(1-2-9(11)5-14)12(17)4-10-6-15-7-16-10/h1-3,6-7,12,17H,4H2. The average molecular weight is 230 g/mol. The Bertz CT molecular complexity index is 531. The molecule has 0 amide bonds. The number of nitriles is 1. The molecule has 1 N–H and O–H groups in total. The zero-order valence-electron chi connectivity index (χ0n) is 8.84. The molecule has 0 saturated carbocycles. The molecule has 0 fully saturated rings. The molecule has 1 heterocycles. The Kier molecular flexibility index (Phi) is 3.17. The van der Waals surface area contributed by atoms with Crippen LogP contribution in [0.1, 0.15) is 23.7 Å². The number of hydrogen-bond donors (Lipinski definition) is 1. The summed E-state index contributed by atoms with van der Waals surface area (Å²) in [5, 5.41) is 22.4. The molecule has 1 atom stereocenters. The van der Waals surface area contributed by atoms with Crippen molar-refractivity contribution in [2.75, 3.05) is 0 Å². The van der Waals surface area contributed by atoms with Crippen molar-refractivity contribution in [3.8, 4) is 6.07 Å². The third kappa shape index (κ3) is 2.49. The lowest BCUT2D eigenvalue weighted by Gasteiger charge is -2.11. The summed E-state index contributed by atoms with van der Waals surface area (Å²) in [6.07, 6.45) is 2.35. The van der Waals surface area contributed by atoms with Crippen LogP contribution in [0.3, 0.4) is 0 Å². The van der Waals surface area contributed by atoms with Crippen LogP contribution < -0.4 is 5.32 Å². The van der Waals surface area contributed by atoms with Crippen molar-refractivity contribution in [2.24, 2.45) is 4.99 Å². The minimum Gasteiger partial charge on any atom is -0.388 e. The van der Waals surface area contributed by atoms with Gasteiger partial charge < -0.3 is 5.11 Å². The third-order valence-electron chi connectivity index (χ3n) is 2.41. The van der Waals surface area contributed by atoms with Crippen molar-refractivity contribution in [3.63, 3.8) is 0 Å². The van der Waals surface area contributed by atoms with Gasteiger partial charge in [0, 0.05) is 6.42 Å². The predicted molar refractivity (Wildman–Crippen MR) is 59.4 cm³/mol. The van der Waals surface area contributed by atoms with Crippen LogP contribution in [0, 0.1) is 17.1 Å². The second-order valence-electron chi connectivity index (χ2n) is 3.59. The molecule has 2 rings (SSSR count). The first-order valence-electron chi connectivity index (χ1n) is 5.00. The van der Waals surface area contributed by atoms with Gasteiger partial charge in [0.05, 0.1) is 23.6 Å². The summed E-state index contributed by atoms with van der Waals surface area (Å²) in [5.74, 6) is -0.627. The maximum absolute atomic E-state index is 13.3. The van der Waals surface area contributed by atoms with Gasteiger partial charge >= 0.3 is 0 Å². The average Bonchev–Trinajstić information content (AvgIpc) is 2.81. The van der Waals surface area contributed by atoms with Crippen molar-refractivity contribution >= 4 is 6.34 Å². The fourth-order valence-electron chi connectivity index (χ4n) is 1.51. The minimum atomic E-state index is -0.853. The number of benzene rings is 1. The first-order chi connectivity index (χ1) is 8.20. The Morgan fingerprint density at radius 2 is 2.29 bits per heavy atom. The van der Waals surface area contributed by atoms with E-state index in [9.17, 15) is 9.50 Å². The smallest absolute Gasteiger partial charge is 0.141 e. The zero-order chi connectivity index (χ0) is 12.3. The summed E-state index contributed by atoms with van der Waals surface area (Å²) in [7, 11) is 0. The molecule has 1 radical (unpaired) electrons. The highest BCUT2D eigenvalue weighted by atomic mass is 19.1. The quantitative estimate of drug-likeness (QED) is 0.856. The Labute approximate surface area is 97.7 Å². The highest BCUT2D eigenvalue weighted by Crippen LogP contribution is 2.22. The normalized spacial score (nSPS) is 15.0. The molecular formula is C12H9FN3O. The molecule has 0 aromatic heterocycles. The second-order valence-corrected chi connectivity index (χ2v) is 3.59. The lowest BCUT2D eigenvalue weighted by atomic mass is 10.0. The summed E-state index contributed by atoms with van der Waals surface area (Å²) < 4.78 is 13.3. The maximum Gasteiger partial charge on any atom is 0.141 e. The lowest BCUT2D eigenvalue weighted by molar-refractivity contribution is 0.176. The van der Waals surface area contributed by atoms with Crippen LogP contribution in [-0.4, -0.2) is 11.4 Å². The molecule has 0 spiro atoms. The summed E-state index contributed by atoms with van der Waals surface area (Å²) in [4.78, 5) is 3.77. The molecule has 0 saturated heterocycles. The van der Waals surface area contributed by atoms with Crippen molar-refractivity contribution in [3.05, 3.63) is 47.0 Å². The van der Waals surface area contributed by atoms with Gasteiger partial charge in [-0.05, 0) is 17.7 Å². The highest BCUT2D eigenvalue weighted by molar-refractivity contribution is 5.61. The second kappa shape index (κ2) is 4.76. The van der Waals surface area contributed by atoms with E-state index < -0.39 is 11.9 Å². The van der Waals surface area contributed by atoms with E-state index >= 15 is 0 Å². The molecule has 85 valence electrons. The van der Waals surface area contributed by atoms with E-state index in [0.29, 0.717) is 11.3 Å². The van der Waals surface area contributed by atoms with Crippen molar-refractivity contribution in [2.45, 2.75) is 12.5 Å². The molecule has 1 aliphatic rings. The van der Waals surface area contributed by atoms with E-state index in [1.165, 1.54) is 24.5 Å². The van der Waals surface area contributed by atoms with Gasteiger partial charge in [0.25, 0.3) is 0 Å². The van der Waals surface area contributed by atoms with E-state index in [0.717, 1.165) is 0 Å². The first kappa shape index (κ1) is 11.3. The van der Waals surface area contributed by atoms with Gasteiger partial charge in [0.2, 0.25) is 0 Å². The van der Waals surface area contributed by atoms with E-state index in [4.69, 9.17) is 5.26 Å². The monoisotopic (exact) mass is 230 g/mol. The summed E-state index contributed by atoms with van der Waals surface area (Å²) in [6, 6.07) is 5.78. The number of aliphatic hydroxyl groups excluding tert-OH is 1. The van der Waals surface area contributed by atoms with Gasteiger partial charge in [-0.25, -0.2) is 14.7 Å². The molecule has 0 bridgehead atoms. The summed E-state index contributed by atoms with van der Waals surface area (Å²) in [5.41, 5.74) is 1.03. The van der Waals surface area contributed by atoms with E-state index in [1.807, 2.05) is 0 Å². The number of rotatable bonds is 3. The molecule has 1 aromatic carbocycles. The number of nitrogens with zero attached hydrogens (tertiary/aromatic N) is 3. The van der Waals surface area contributed by atoms with Crippen LogP contribution in [0.5, 0.6) is 0 Å². The van der Waals surface area contributed by atoms with Crippen LogP contribution in [-0.2, 0) is 0 Å². The van der Waals surface area contributed by atoms with Crippen molar-refractivity contribution < 1.29 is 9.50 Å². The van der Waals surface area contributed by atoms with E-state index in [1.54, 1.807) is 12.3 Å². The molecule has 1 unspecified atom stereocenters. The van der Waals surface area contributed by atoms with E-state index in [-0.39, 0.29) is 12.0 Å². The van der Waals surface area contributed by atoms with Gasteiger partial charge in [-0.2, -0.15) is 5.26 Å². The zero-order valence-corrected chi connectivity index (χ0v) is 8.84. The van der Waals surface area contributed by atoms with Gasteiger partial charge in [0.1, 0.15) is 18.2 Å². The lowest BCUT2D eigenvalue weighted by Crippen LogP contribution is -2.05. The maximum atomic E-state index is 13.3. The minimum absolute atomic E-state index is 0.0333. The first-order valence-corrected chi connectivity index (χ1v) is 5.00. The van der Waals surface area contributed by atoms with Crippen LogP contribution in [0.2, 0.25) is 0 Å². The molecule has 17 heavy (non-hydrogen) atoms. The predicted octanol–water partition coefficient (Wildman–Crippen LogP) is 1.61. The Balaban J connectivity index is 2.12. The van der Waals surface area contributed by atoms with Crippen molar-refractivity contribution in [1.29, 1.82) is 5.26 Å². The van der Waals surface area contributed by atoms with Crippen LogP contribution in [0.4, 0.5) is 4.39 Å². The fraction of sp³-hybridized carbons (Fsp3) is 0.167. The third-order valence-corrected chi connectivity index (χ3v) is 2.41. The van der Waals surface area contributed by atoms with Gasteiger partial charge in [-0.15, -0.1) is 0 Å². The Morgan fingerprint density at radius 3 is 2.88 bits per heavy atom. The Morgan fingerprint density at radius 1 is 1.47 bits per heavy atom. The molecule has 4 nitrogen and oxygen atoms in total. The topological polar surface area (TPSA) is 70.5 Å². The van der Waals surface area contributed by atoms with Crippen molar-refractivity contribution in [1.82, 2.24) is 5.32 Å². The molecular weight excluding hydrogens is 221 g/mol. The number of halogens is 1. The number of aliphatic hydroxyl groups is 1. The number of hydrogen-bond acceptors (Lipinski definition) is 3. The molecule has 5 heteroatoms. The van der Waals surface area contributed by atoms with Crippen LogP contribution in [0.25, 0.3) is 0 Å². The number of aliphatic imine (C=N–C) groups is 1. The van der Waals surface area contributed by atoms with Gasteiger partial charge in [0.15, 0.2) is 0 Å². The summed E-state index contributed by atoms with van der Waals surface area (Å²) >= 11 is 0. The SMILES string of the molecule is N#Cc1ccc(C(O)CC2=CN=C[N]2)cc1F. The largest absolute Gasteiger partial charge is 0.388 e. The van der Waals surface area contributed by atoms with Crippen LogP contribution >= 0.6 is 0 Å². The Hall–Kier alpha value is -2.19. The van der Waals surface area contributed by atoms with Crippen LogP contribution in [0.15, 0.2) is 35.1 Å². The summed E-state index contributed by atoms with van der Waals surface area (Å²) in [6.45, 7) is 0. The van der Waals surface area contributed by atoms with E-state index in [2.05, 4.69) is 10.3 Å². The molecule has 0 aliphatic carbocycles. The van der Waals surface area contributed by atoms with Gasteiger partial charge in [-0.3, -0.25) is 0 Å². The molecule has 1 aromatic rings. The van der Waals surface area contributed by atoms with Gasteiger partial charge in [-0.1, -0.05) is 6.07 Å².